The number of hydrogen-bond donors (Lipinski definition) is 0. The number of allylic oxidation sites excluding steroid dienone is 2. The topological polar surface area (TPSA) is 0 Å². The van der Waals surface area contributed by atoms with Crippen LogP contribution in [0.5, 0.6) is 0 Å². The zero-order valence-corrected chi connectivity index (χ0v) is 18.7. The summed E-state index contributed by atoms with van der Waals surface area (Å²) in [6, 6.07) is 9.53. The first-order valence-electron chi connectivity index (χ1n) is 11.1. The molecule has 28 heavy (non-hydrogen) atoms. The van der Waals surface area contributed by atoms with Gasteiger partial charge in [-0.05, 0) is 78.6 Å². The molecule has 1 fully saturated rings. The summed E-state index contributed by atoms with van der Waals surface area (Å²) in [7, 11) is 0. The molecule has 0 aromatic heterocycles. The van der Waals surface area contributed by atoms with E-state index in [9.17, 15) is 0 Å². The molecule has 0 spiro atoms. The van der Waals surface area contributed by atoms with E-state index in [1.54, 1.807) is 10.9 Å². The van der Waals surface area contributed by atoms with Crippen molar-refractivity contribution >= 4 is 17.6 Å². The fraction of sp³-hybridized carbons (Fsp3) is 0.481. The van der Waals surface area contributed by atoms with E-state index in [0.717, 1.165) is 5.92 Å². The lowest BCUT2D eigenvalue weighted by Crippen LogP contribution is -2.48. The van der Waals surface area contributed by atoms with Crippen LogP contribution < -0.4 is 10.9 Å². The molecule has 0 nitrogen and oxygen atoms in total. The van der Waals surface area contributed by atoms with E-state index in [1.807, 2.05) is 0 Å². The lowest BCUT2D eigenvalue weighted by molar-refractivity contribution is 0.388. The second-order valence-corrected chi connectivity index (χ2v) is 9.94. The van der Waals surface area contributed by atoms with Gasteiger partial charge in [0.25, 0.3) is 0 Å². The molecule has 146 valence electrons. The van der Waals surface area contributed by atoms with Gasteiger partial charge < -0.3 is 0 Å². The van der Waals surface area contributed by atoms with Gasteiger partial charge in [0, 0.05) is 0 Å². The molecule has 2 atom stereocenters. The third kappa shape index (κ3) is 3.49. The molecule has 2 aromatic rings. The molecule has 0 radical (unpaired) electrons. The second-order valence-electron chi connectivity index (χ2n) is 9.94. The standard InChI is InChI=1S/C27H35B/c1-18-13-20(3)25(21(4)14-18)28(26-22(5)15-19(2)16-23(26)6)12-11-27-9-7-24(17-27)8-10-27/h7,9,13-16,24H,8,10-12,17H2,1-6H3. The van der Waals surface area contributed by atoms with Crippen LogP contribution in [-0.4, -0.2) is 6.71 Å². The molecule has 1 heteroatoms. The van der Waals surface area contributed by atoms with Gasteiger partial charge in [0.05, 0.1) is 0 Å². The van der Waals surface area contributed by atoms with Crippen LogP contribution >= 0.6 is 0 Å². The highest BCUT2D eigenvalue weighted by molar-refractivity contribution is 6.86. The van der Waals surface area contributed by atoms with Crippen LogP contribution in [0.25, 0.3) is 0 Å². The zero-order valence-electron chi connectivity index (χ0n) is 18.7. The molecule has 2 aliphatic carbocycles. The maximum absolute atomic E-state index is 2.57. The van der Waals surface area contributed by atoms with Gasteiger partial charge in [-0.2, -0.15) is 0 Å². The predicted molar refractivity (Wildman–Crippen MR) is 125 cm³/mol. The Kier molecular flexibility index (Phi) is 5.06. The Morgan fingerprint density at radius 2 is 1.32 bits per heavy atom. The molecule has 2 unspecified atom stereocenters. The minimum atomic E-state index is 0.488. The van der Waals surface area contributed by atoms with Gasteiger partial charge in [-0.15, -0.1) is 0 Å². The number of aryl methyl sites for hydroxylation is 6. The third-order valence-electron chi connectivity index (χ3n) is 7.51. The average Bonchev–Trinajstić information content (AvgIpc) is 3.18. The van der Waals surface area contributed by atoms with Crippen molar-refractivity contribution in [2.24, 2.45) is 11.3 Å². The van der Waals surface area contributed by atoms with Crippen LogP contribution in [0.1, 0.15) is 59.1 Å². The van der Waals surface area contributed by atoms with Crippen molar-refractivity contribution in [3.05, 3.63) is 69.8 Å². The molecule has 0 saturated heterocycles. The van der Waals surface area contributed by atoms with E-state index >= 15 is 0 Å². The first-order chi connectivity index (χ1) is 13.3. The van der Waals surface area contributed by atoms with E-state index in [4.69, 9.17) is 0 Å². The van der Waals surface area contributed by atoms with E-state index in [0.29, 0.717) is 12.1 Å². The van der Waals surface area contributed by atoms with Crippen molar-refractivity contribution in [2.75, 3.05) is 0 Å². The Balaban J connectivity index is 1.77. The first-order valence-corrected chi connectivity index (χ1v) is 11.1. The summed E-state index contributed by atoms with van der Waals surface area (Å²) in [5.74, 6) is 0.865. The van der Waals surface area contributed by atoms with Crippen LogP contribution in [0.3, 0.4) is 0 Å². The summed E-state index contributed by atoms with van der Waals surface area (Å²) in [6.07, 6.45) is 11.9. The highest BCUT2D eigenvalue weighted by Crippen LogP contribution is 2.52. The van der Waals surface area contributed by atoms with Gasteiger partial charge in [0.2, 0.25) is 6.71 Å². The molecule has 0 N–H and O–H groups in total. The van der Waals surface area contributed by atoms with Gasteiger partial charge in [0.1, 0.15) is 0 Å². The summed E-state index contributed by atoms with van der Waals surface area (Å²) in [5.41, 5.74) is 12.3. The number of hydrogen-bond acceptors (Lipinski definition) is 0. The Morgan fingerprint density at radius 1 is 0.821 bits per heavy atom. The third-order valence-corrected chi connectivity index (χ3v) is 7.51. The van der Waals surface area contributed by atoms with E-state index in [-0.39, 0.29) is 0 Å². The number of rotatable bonds is 5. The Labute approximate surface area is 172 Å². The first kappa shape index (κ1) is 19.6. The molecule has 0 amide bonds. The van der Waals surface area contributed by atoms with Crippen molar-refractivity contribution in [1.29, 1.82) is 0 Å². The van der Waals surface area contributed by atoms with Crippen LogP contribution in [0.4, 0.5) is 0 Å². The molecule has 1 saturated carbocycles. The van der Waals surface area contributed by atoms with Crippen LogP contribution in [0, 0.1) is 52.9 Å². The predicted octanol–water partition coefficient (Wildman–Crippen LogP) is 5.89. The lowest BCUT2D eigenvalue weighted by atomic mass is 9.35. The second kappa shape index (κ2) is 7.25. The van der Waals surface area contributed by atoms with Gasteiger partial charge in [-0.1, -0.05) is 87.0 Å². The highest BCUT2D eigenvalue weighted by Gasteiger charge is 2.41. The van der Waals surface area contributed by atoms with Crippen molar-refractivity contribution < 1.29 is 0 Å². The molecular weight excluding hydrogens is 335 g/mol. The van der Waals surface area contributed by atoms with Crippen molar-refractivity contribution in [3.8, 4) is 0 Å². The van der Waals surface area contributed by atoms with Crippen LogP contribution in [0.15, 0.2) is 36.4 Å². The molecule has 2 aliphatic rings. The molecular formula is C27H35B. The zero-order chi connectivity index (χ0) is 20.1. The maximum atomic E-state index is 2.57. The van der Waals surface area contributed by atoms with Gasteiger partial charge in [-0.3, -0.25) is 0 Å². The van der Waals surface area contributed by atoms with Crippen molar-refractivity contribution in [1.82, 2.24) is 0 Å². The fourth-order valence-corrected chi connectivity index (χ4v) is 6.51. The summed E-state index contributed by atoms with van der Waals surface area (Å²) in [5, 5.41) is 0. The molecule has 2 bridgehead atoms. The molecule has 0 heterocycles. The van der Waals surface area contributed by atoms with E-state index < -0.39 is 0 Å². The average molecular weight is 370 g/mol. The quantitative estimate of drug-likeness (QED) is 0.455. The molecule has 2 aromatic carbocycles. The number of benzene rings is 2. The summed E-state index contributed by atoms with van der Waals surface area (Å²) in [6.45, 7) is 14.2. The smallest absolute Gasteiger partial charge is 0.0848 e. The number of fused-ring (bicyclic) bond motifs is 2. The Morgan fingerprint density at radius 3 is 1.68 bits per heavy atom. The normalized spacial score (nSPS) is 22.9. The van der Waals surface area contributed by atoms with Gasteiger partial charge in [0.15, 0.2) is 0 Å². The Hall–Kier alpha value is -1.76. The highest BCUT2D eigenvalue weighted by atomic mass is 14.4. The molecule has 4 rings (SSSR count). The van der Waals surface area contributed by atoms with Gasteiger partial charge in [-0.25, -0.2) is 0 Å². The SMILES string of the molecule is Cc1cc(C)c(B(CCC23C=CC(CC2)C3)c2c(C)cc(C)cc2C)c(C)c1. The van der Waals surface area contributed by atoms with Crippen LogP contribution in [-0.2, 0) is 0 Å². The monoisotopic (exact) mass is 370 g/mol. The van der Waals surface area contributed by atoms with E-state index in [2.05, 4.69) is 78.0 Å². The van der Waals surface area contributed by atoms with Crippen molar-refractivity contribution in [2.45, 2.75) is 73.5 Å². The minimum Gasteiger partial charge on any atom is -0.0848 e. The Bertz CT molecular complexity index is 832. The lowest BCUT2D eigenvalue weighted by Gasteiger charge is -2.29. The summed E-state index contributed by atoms with van der Waals surface area (Å²) >= 11 is 0. The fourth-order valence-electron chi connectivity index (χ4n) is 6.51. The van der Waals surface area contributed by atoms with Crippen LogP contribution in [0.2, 0.25) is 6.32 Å². The van der Waals surface area contributed by atoms with Crippen molar-refractivity contribution in [3.63, 3.8) is 0 Å². The summed E-state index contributed by atoms with van der Waals surface area (Å²) in [4.78, 5) is 0. The maximum Gasteiger partial charge on any atom is 0.210 e. The largest absolute Gasteiger partial charge is 0.210 e. The summed E-state index contributed by atoms with van der Waals surface area (Å²) < 4.78 is 0. The van der Waals surface area contributed by atoms with Gasteiger partial charge >= 0.3 is 0 Å². The van der Waals surface area contributed by atoms with E-state index in [1.165, 1.54) is 65.4 Å². The molecule has 0 aliphatic heterocycles. The minimum absolute atomic E-state index is 0.488.